The summed E-state index contributed by atoms with van der Waals surface area (Å²) in [4.78, 5) is 3.29. The van der Waals surface area contributed by atoms with Crippen molar-refractivity contribution in [1.82, 2.24) is 4.98 Å². The van der Waals surface area contributed by atoms with Gasteiger partial charge in [-0.25, -0.2) is 17.2 Å². The first-order valence-electron chi connectivity index (χ1n) is 8.12. The summed E-state index contributed by atoms with van der Waals surface area (Å²) in [5.74, 6) is -5.91. The summed E-state index contributed by atoms with van der Waals surface area (Å²) in [6, 6.07) is 8.74. The van der Waals surface area contributed by atoms with Crippen LogP contribution in [0, 0.1) is 17.6 Å². The lowest BCUT2D eigenvalue weighted by Crippen LogP contribution is -2.27. The van der Waals surface area contributed by atoms with Crippen LogP contribution in [0.2, 0.25) is 0 Å². The SMILES string of the molecule is CCN(CC)c1nc(F)c(F)c(S(=O)(=O)CCNc2ccccc2)c1F. The van der Waals surface area contributed by atoms with E-state index in [0.29, 0.717) is 5.69 Å². The minimum Gasteiger partial charge on any atom is -0.384 e. The van der Waals surface area contributed by atoms with Crippen LogP contribution in [-0.4, -0.2) is 38.8 Å². The minimum absolute atomic E-state index is 0.0875. The van der Waals surface area contributed by atoms with Crippen LogP contribution in [0.5, 0.6) is 0 Å². The second-order valence-electron chi connectivity index (χ2n) is 5.47. The summed E-state index contributed by atoms with van der Waals surface area (Å²) in [5.41, 5.74) is 0.661. The Hall–Kier alpha value is -2.29. The van der Waals surface area contributed by atoms with E-state index in [1.807, 2.05) is 0 Å². The fraction of sp³-hybridized carbons (Fsp3) is 0.353. The number of aromatic nitrogens is 1. The van der Waals surface area contributed by atoms with Gasteiger partial charge in [0.1, 0.15) is 4.90 Å². The predicted octanol–water partition coefficient (Wildman–Crippen LogP) is 3.23. The molecule has 142 valence electrons. The zero-order chi connectivity index (χ0) is 19.3. The highest BCUT2D eigenvalue weighted by atomic mass is 32.2. The molecule has 1 aromatic heterocycles. The molecule has 0 saturated carbocycles. The van der Waals surface area contributed by atoms with Gasteiger partial charge in [-0.1, -0.05) is 18.2 Å². The molecule has 1 aromatic carbocycles. The fourth-order valence-electron chi connectivity index (χ4n) is 2.48. The van der Waals surface area contributed by atoms with Crippen molar-refractivity contribution in [3.8, 4) is 0 Å². The van der Waals surface area contributed by atoms with Crippen LogP contribution in [-0.2, 0) is 9.84 Å². The molecular weight excluding hydrogens is 367 g/mol. The van der Waals surface area contributed by atoms with E-state index in [9.17, 15) is 21.6 Å². The van der Waals surface area contributed by atoms with Crippen molar-refractivity contribution in [2.45, 2.75) is 18.7 Å². The summed E-state index contributed by atoms with van der Waals surface area (Å²) in [6.45, 7) is 3.78. The molecule has 0 aliphatic carbocycles. The molecule has 26 heavy (non-hydrogen) atoms. The maximum absolute atomic E-state index is 14.7. The van der Waals surface area contributed by atoms with Crippen molar-refractivity contribution < 1.29 is 21.6 Å². The minimum atomic E-state index is -4.41. The number of halogens is 3. The highest BCUT2D eigenvalue weighted by Crippen LogP contribution is 2.28. The summed E-state index contributed by atoms with van der Waals surface area (Å²) in [6.07, 6.45) is 0. The molecule has 0 fully saturated rings. The van der Waals surface area contributed by atoms with Crippen LogP contribution >= 0.6 is 0 Å². The van der Waals surface area contributed by atoms with E-state index in [4.69, 9.17) is 0 Å². The normalized spacial score (nSPS) is 11.4. The average molecular weight is 387 g/mol. The quantitative estimate of drug-likeness (QED) is 0.705. The summed E-state index contributed by atoms with van der Waals surface area (Å²) >= 11 is 0. The van der Waals surface area contributed by atoms with Crippen molar-refractivity contribution >= 4 is 21.3 Å². The van der Waals surface area contributed by atoms with Gasteiger partial charge in [-0.3, -0.25) is 0 Å². The lowest BCUT2D eigenvalue weighted by molar-refractivity contribution is 0.432. The third-order valence-electron chi connectivity index (χ3n) is 3.83. The molecule has 0 amide bonds. The highest BCUT2D eigenvalue weighted by Gasteiger charge is 2.31. The molecule has 0 radical (unpaired) electrons. The monoisotopic (exact) mass is 387 g/mol. The molecule has 5 nitrogen and oxygen atoms in total. The molecule has 0 spiro atoms. The van der Waals surface area contributed by atoms with Gasteiger partial charge in [-0.15, -0.1) is 0 Å². The summed E-state index contributed by atoms with van der Waals surface area (Å²) < 4.78 is 67.4. The van der Waals surface area contributed by atoms with Gasteiger partial charge >= 0.3 is 0 Å². The van der Waals surface area contributed by atoms with E-state index >= 15 is 0 Å². The number of anilines is 2. The molecule has 0 bridgehead atoms. The molecule has 1 N–H and O–H groups in total. The molecule has 0 aliphatic rings. The number of nitrogens with one attached hydrogen (secondary N) is 1. The van der Waals surface area contributed by atoms with Crippen molar-refractivity contribution in [1.29, 1.82) is 0 Å². The third kappa shape index (κ3) is 4.27. The van der Waals surface area contributed by atoms with Gasteiger partial charge in [0.25, 0.3) is 5.95 Å². The van der Waals surface area contributed by atoms with Gasteiger partial charge in [0, 0.05) is 25.3 Å². The largest absolute Gasteiger partial charge is 0.384 e. The summed E-state index contributed by atoms with van der Waals surface area (Å²) in [5, 5.41) is 2.84. The van der Waals surface area contributed by atoms with E-state index in [1.54, 1.807) is 44.2 Å². The van der Waals surface area contributed by atoms with Crippen LogP contribution in [0.4, 0.5) is 24.7 Å². The first-order valence-corrected chi connectivity index (χ1v) is 9.78. The molecule has 1 heterocycles. The molecule has 2 rings (SSSR count). The smallest absolute Gasteiger partial charge is 0.252 e. The maximum Gasteiger partial charge on any atom is 0.252 e. The molecular formula is C17H20F3N3O2S. The number of hydrogen-bond donors (Lipinski definition) is 1. The van der Waals surface area contributed by atoms with E-state index in [1.165, 1.54) is 4.90 Å². The van der Waals surface area contributed by atoms with Crippen LogP contribution in [0.3, 0.4) is 0 Å². The Morgan fingerprint density at radius 2 is 1.65 bits per heavy atom. The lowest BCUT2D eigenvalue weighted by Gasteiger charge is -2.21. The number of para-hydroxylation sites is 1. The van der Waals surface area contributed by atoms with E-state index in [2.05, 4.69) is 10.3 Å². The van der Waals surface area contributed by atoms with Crippen molar-refractivity contribution in [2.24, 2.45) is 0 Å². The van der Waals surface area contributed by atoms with E-state index < -0.39 is 43.9 Å². The third-order valence-corrected chi connectivity index (χ3v) is 5.55. The Balaban J connectivity index is 2.32. The molecule has 0 saturated heterocycles. The lowest BCUT2D eigenvalue weighted by atomic mass is 10.3. The average Bonchev–Trinajstić information content (AvgIpc) is 2.61. The molecule has 0 unspecified atom stereocenters. The zero-order valence-electron chi connectivity index (χ0n) is 14.5. The number of benzene rings is 1. The molecule has 0 atom stereocenters. The number of nitrogens with zero attached hydrogens (tertiary/aromatic N) is 2. The Labute approximate surface area is 150 Å². The van der Waals surface area contributed by atoms with Gasteiger partial charge in [-0.05, 0) is 26.0 Å². The van der Waals surface area contributed by atoms with Crippen LogP contribution < -0.4 is 10.2 Å². The van der Waals surface area contributed by atoms with Gasteiger partial charge in [0.15, 0.2) is 27.3 Å². The Bertz CT molecular complexity index is 857. The van der Waals surface area contributed by atoms with Crippen LogP contribution in [0.1, 0.15) is 13.8 Å². The number of hydrogen-bond acceptors (Lipinski definition) is 5. The van der Waals surface area contributed by atoms with E-state index in [0.717, 1.165) is 0 Å². The second kappa shape index (κ2) is 8.39. The summed E-state index contributed by atoms with van der Waals surface area (Å²) in [7, 11) is -4.41. The fourth-order valence-corrected chi connectivity index (χ4v) is 3.77. The Morgan fingerprint density at radius 3 is 2.23 bits per heavy atom. The highest BCUT2D eigenvalue weighted by molar-refractivity contribution is 7.91. The Morgan fingerprint density at radius 1 is 1.04 bits per heavy atom. The zero-order valence-corrected chi connectivity index (χ0v) is 15.3. The number of pyridine rings is 1. The molecule has 2 aromatic rings. The first-order chi connectivity index (χ1) is 12.3. The number of sulfone groups is 1. The van der Waals surface area contributed by atoms with Gasteiger partial charge < -0.3 is 10.2 Å². The maximum atomic E-state index is 14.7. The standard InChI is InChI=1S/C17H20F3N3O2S/c1-3-23(4-2)17-14(19)15(13(18)16(20)22-17)26(24,25)11-10-21-12-8-6-5-7-9-12/h5-9,21H,3-4,10-11H2,1-2H3. The van der Waals surface area contributed by atoms with Crippen molar-refractivity contribution in [3.05, 3.63) is 47.9 Å². The van der Waals surface area contributed by atoms with Crippen LogP contribution in [0.15, 0.2) is 35.2 Å². The van der Waals surface area contributed by atoms with Gasteiger partial charge in [-0.2, -0.15) is 9.37 Å². The topological polar surface area (TPSA) is 62.3 Å². The molecule has 9 heteroatoms. The van der Waals surface area contributed by atoms with Gasteiger partial charge in [0.05, 0.1) is 5.75 Å². The van der Waals surface area contributed by atoms with Crippen molar-refractivity contribution in [3.63, 3.8) is 0 Å². The predicted molar refractivity (Wildman–Crippen MR) is 94.7 cm³/mol. The second-order valence-corrected chi connectivity index (χ2v) is 7.51. The number of rotatable bonds is 8. The Kier molecular flexibility index (Phi) is 6.47. The van der Waals surface area contributed by atoms with Crippen molar-refractivity contribution in [2.75, 3.05) is 35.6 Å². The van der Waals surface area contributed by atoms with Crippen LogP contribution in [0.25, 0.3) is 0 Å². The van der Waals surface area contributed by atoms with E-state index in [-0.39, 0.29) is 19.6 Å². The first kappa shape index (κ1) is 20.0. The van der Waals surface area contributed by atoms with Gasteiger partial charge in [0.2, 0.25) is 0 Å². The molecule has 0 aliphatic heterocycles.